The number of carboxylic acid groups (broad SMARTS) is 1. The van der Waals surface area contributed by atoms with Gasteiger partial charge in [0.15, 0.2) is 23.0 Å². The van der Waals surface area contributed by atoms with E-state index in [0.29, 0.717) is 22.5 Å². The number of carbonyl (C=O) groups is 4. The molecule has 1 amide bonds. The van der Waals surface area contributed by atoms with Gasteiger partial charge in [-0.05, 0) is 128 Å². The maximum absolute atomic E-state index is 14.6. The highest BCUT2D eigenvalue weighted by Crippen LogP contribution is 2.32. The first-order valence-corrected chi connectivity index (χ1v) is 17.8. The number of carboxylic acids is 1. The number of nitrogen functional groups attached to an aromatic ring is 1. The number of benzene rings is 4. The van der Waals surface area contributed by atoms with Crippen LogP contribution in [-0.2, 0) is 9.47 Å². The normalized spacial score (nSPS) is 10.5. The first kappa shape index (κ1) is 46.8. The van der Waals surface area contributed by atoms with Gasteiger partial charge >= 0.3 is 17.9 Å². The van der Waals surface area contributed by atoms with Gasteiger partial charge in [0.05, 0.1) is 55.3 Å². The van der Waals surface area contributed by atoms with E-state index < -0.39 is 29.5 Å². The Hall–Kier alpha value is -6.38. The van der Waals surface area contributed by atoms with Crippen molar-refractivity contribution >= 4 is 35.2 Å². The van der Waals surface area contributed by atoms with Crippen molar-refractivity contribution in [1.29, 1.82) is 0 Å². The van der Waals surface area contributed by atoms with Crippen LogP contribution in [0.1, 0.15) is 96.8 Å². The van der Waals surface area contributed by atoms with Crippen molar-refractivity contribution < 1.29 is 61.5 Å². The van der Waals surface area contributed by atoms with Gasteiger partial charge < -0.3 is 44.6 Å². The minimum atomic E-state index is -1.16. The van der Waals surface area contributed by atoms with Gasteiger partial charge in [-0.15, -0.1) is 0 Å². The van der Waals surface area contributed by atoms with Crippen LogP contribution in [0.25, 0.3) is 0 Å². The average Bonchev–Trinajstić information content (AvgIpc) is 3.14. The molecule has 13 nitrogen and oxygen atoms in total. The van der Waals surface area contributed by atoms with E-state index in [9.17, 15) is 28.0 Å². The molecule has 4 rings (SSSR count). The summed E-state index contributed by atoms with van der Waals surface area (Å²) in [5, 5.41) is 11.7. The van der Waals surface area contributed by atoms with E-state index >= 15 is 0 Å². The predicted molar refractivity (Wildman–Crippen MR) is 211 cm³/mol. The Morgan fingerprint density at radius 3 is 1.16 bits per heavy atom. The van der Waals surface area contributed by atoms with Crippen LogP contribution in [0.15, 0.2) is 72.8 Å². The summed E-state index contributed by atoms with van der Waals surface area (Å²) in [4.78, 5) is 45.9. The standard InChI is InChI=1S/C21H24FNO5.C13H17FO4.C8H9NO2/c1-12(2)27-17-10-15(11-18(19(17)22)28-13(3)4)20(24)23-16-8-6-14(7-9-16)21(25)26-5;1-7(2)17-10-5-9(13(15)16)6-11(12(10)14)18-8(3)4;1-11-8(10)6-2-4-7(9)5-3-6/h6-13H,1-5H3,(H,23,24);5-8H,1-4H3,(H,15,16);2-5H,9H2,1H3. The lowest BCUT2D eigenvalue weighted by molar-refractivity contribution is 0.0592. The molecule has 0 bridgehead atoms. The maximum Gasteiger partial charge on any atom is 0.337 e. The second-order valence-electron chi connectivity index (χ2n) is 13.2. The van der Waals surface area contributed by atoms with Crippen LogP contribution in [0.2, 0.25) is 0 Å². The van der Waals surface area contributed by atoms with Crippen LogP contribution in [0.4, 0.5) is 20.2 Å². The number of rotatable bonds is 13. The highest BCUT2D eigenvalue weighted by atomic mass is 19.1. The molecular formula is C42H50F2N2O11. The van der Waals surface area contributed by atoms with Crippen LogP contribution in [0, 0.1) is 11.6 Å². The van der Waals surface area contributed by atoms with E-state index in [1.54, 1.807) is 91.8 Å². The Balaban J connectivity index is 0.000000329. The molecule has 0 aliphatic rings. The largest absolute Gasteiger partial charge is 0.488 e. The second kappa shape index (κ2) is 22.2. The van der Waals surface area contributed by atoms with Crippen molar-refractivity contribution in [1.82, 2.24) is 0 Å². The van der Waals surface area contributed by atoms with Crippen molar-refractivity contribution in [2.75, 3.05) is 25.3 Å². The lowest BCUT2D eigenvalue weighted by Gasteiger charge is -2.17. The minimum absolute atomic E-state index is 0.0562. The number of amides is 1. The Labute approximate surface area is 331 Å². The summed E-state index contributed by atoms with van der Waals surface area (Å²) in [6.07, 6.45) is -1.05. The van der Waals surface area contributed by atoms with Gasteiger partial charge in [-0.3, -0.25) is 4.79 Å². The quantitative estimate of drug-likeness (QED) is 0.0867. The van der Waals surface area contributed by atoms with Gasteiger partial charge in [0.25, 0.3) is 5.91 Å². The Kier molecular flexibility index (Phi) is 18.3. The van der Waals surface area contributed by atoms with Gasteiger partial charge in [-0.2, -0.15) is 8.78 Å². The van der Waals surface area contributed by atoms with Crippen molar-refractivity contribution in [3.63, 3.8) is 0 Å². The maximum atomic E-state index is 14.6. The molecule has 4 N–H and O–H groups in total. The summed E-state index contributed by atoms with van der Waals surface area (Å²) >= 11 is 0. The Morgan fingerprint density at radius 2 is 0.860 bits per heavy atom. The molecule has 4 aromatic rings. The molecule has 0 fully saturated rings. The zero-order valence-corrected chi connectivity index (χ0v) is 33.6. The SMILES string of the molecule is CC(C)Oc1cc(C(=O)O)cc(OC(C)C)c1F.COC(=O)c1ccc(N)cc1.COC(=O)c1ccc(NC(=O)c2cc(OC(C)C)c(F)c(OC(C)C)c2)cc1. The van der Waals surface area contributed by atoms with Crippen LogP contribution >= 0.6 is 0 Å². The summed E-state index contributed by atoms with van der Waals surface area (Å²) in [6.45, 7) is 14.0. The monoisotopic (exact) mass is 796 g/mol. The first-order valence-electron chi connectivity index (χ1n) is 17.8. The zero-order valence-electron chi connectivity index (χ0n) is 33.6. The molecule has 0 saturated carbocycles. The van der Waals surface area contributed by atoms with E-state index in [1.165, 1.54) is 38.5 Å². The Bertz CT molecular complexity index is 1900. The fourth-order valence-corrected chi connectivity index (χ4v) is 4.51. The molecule has 15 heteroatoms. The van der Waals surface area contributed by atoms with Crippen LogP contribution < -0.4 is 30.0 Å². The lowest BCUT2D eigenvalue weighted by atomic mass is 10.1. The minimum Gasteiger partial charge on any atom is -0.488 e. The summed E-state index contributed by atoms with van der Waals surface area (Å²) in [5.74, 6) is -4.10. The number of carbonyl (C=O) groups excluding carboxylic acids is 3. The molecule has 308 valence electrons. The van der Waals surface area contributed by atoms with E-state index in [1.807, 2.05) is 0 Å². The van der Waals surface area contributed by atoms with Gasteiger partial charge in [0, 0.05) is 16.9 Å². The smallest absolute Gasteiger partial charge is 0.337 e. The topological polar surface area (TPSA) is 182 Å². The average molecular weight is 797 g/mol. The lowest BCUT2D eigenvalue weighted by Crippen LogP contribution is -2.16. The van der Waals surface area contributed by atoms with Gasteiger partial charge in [0.2, 0.25) is 11.6 Å². The number of nitrogens with one attached hydrogen (secondary N) is 1. The highest BCUT2D eigenvalue weighted by molar-refractivity contribution is 6.05. The number of hydrogen-bond acceptors (Lipinski definition) is 11. The summed E-state index contributed by atoms with van der Waals surface area (Å²) in [6, 6.07) is 17.8. The fraction of sp³-hybridized carbons (Fsp3) is 0.333. The first-order chi connectivity index (χ1) is 26.7. The van der Waals surface area contributed by atoms with Crippen molar-refractivity contribution in [2.24, 2.45) is 0 Å². The van der Waals surface area contributed by atoms with E-state index in [-0.39, 0.29) is 64.5 Å². The Morgan fingerprint density at radius 1 is 0.544 bits per heavy atom. The molecule has 0 atom stereocenters. The van der Waals surface area contributed by atoms with Crippen LogP contribution in [0.3, 0.4) is 0 Å². The molecule has 0 unspecified atom stereocenters. The second-order valence-corrected chi connectivity index (χ2v) is 13.2. The molecule has 0 saturated heterocycles. The van der Waals surface area contributed by atoms with Crippen molar-refractivity contribution in [3.8, 4) is 23.0 Å². The van der Waals surface area contributed by atoms with Crippen LogP contribution in [0.5, 0.6) is 23.0 Å². The molecule has 57 heavy (non-hydrogen) atoms. The highest BCUT2D eigenvalue weighted by Gasteiger charge is 2.20. The molecule has 0 aliphatic heterocycles. The third-order valence-corrected chi connectivity index (χ3v) is 6.87. The van der Waals surface area contributed by atoms with Crippen molar-refractivity contribution in [2.45, 2.75) is 79.8 Å². The molecule has 0 radical (unpaired) electrons. The summed E-state index contributed by atoms with van der Waals surface area (Å²) < 4.78 is 59.2. The number of esters is 2. The van der Waals surface area contributed by atoms with Gasteiger partial charge in [0.1, 0.15) is 0 Å². The number of methoxy groups -OCH3 is 2. The number of aromatic carboxylic acids is 1. The fourth-order valence-electron chi connectivity index (χ4n) is 4.51. The van der Waals surface area contributed by atoms with Crippen LogP contribution in [-0.4, -0.2) is 67.6 Å². The van der Waals surface area contributed by atoms with E-state index in [4.69, 9.17) is 29.8 Å². The number of halogens is 2. The molecule has 0 spiro atoms. The number of hydrogen-bond donors (Lipinski definition) is 3. The predicted octanol–water partition coefficient (Wildman–Crippen LogP) is 8.59. The van der Waals surface area contributed by atoms with Crippen molar-refractivity contribution in [3.05, 3.63) is 107 Å². The third-order valence-electron chi connectivity index (χ3n) is 6.87. The molecule has 0 aliphatic carbocycles. The number of ether oxygens (including phenoxy) is 6. The molecule has 0 aromatic heterocycles. The van der Waals surface area contributed by atoms with Gasteiger partial charge in [-0.1, -0.05) is 0 Å². The summed E-state index contributed by atoms with van der Waals surface area (Å²) in [5.41, 5.74) is 7.52. The number of anilines is 2. The molecular weight excluding hydrogens is 746 g/mol. The third kappa shape index (κ3) is 15.3. The van der Waals surface area contributed by atoms with Gasteiger partial charge in [-0.25, -0.2) is 14.4 Å². The molecule has 4 aromatic carbocycles. The van der Waals surface area contributed by atoms with E-state index in [0.717, 1.165) is 12.1 Å². The number of nitrogens with two attached hydrogens (primary N) is 1. The van der Waals surface area contributed by atoms with E-state index in [2.05, 4.69) is 14.8 Å². The zero-order chi connectivity index (χ0) is 43.0. The molecule has 0 heterocycles. The summed E-state index contributed by atoms with van der Waals surface area (Å²) in [7, 11) is 2.64.